The summed E-state index contributed by atoms with van der Waals surface area (Å²) in [5.74, 6) is 0.760. The van der Waals surface area contributed by atoms with E-state index in [1.165, 1.54) is 6.42 Å². The Hall–Kier alpha value is 0.250. The first-order valence-electron chi connectivity index (χ1n) is 4.82. The van der Waals surface area contributed by atoms with Crippen LogP contribution in [0.4, 0.5) is 0 Å². The van der Waals surface area contributed by atoms with Crippen LogP contribution in [0.2, 0.25) is 0 Å². The highest BCUT2D eigenvalue weighted by molar-refractivity contribution is 6.18. The normalized spacial score (nSPS) is 16.0. The van der Waals surface area contributed by atoms with E-state index in [0.29, 0.717) is 5.41 Å². The van der Waals surface area contributed by atoms with Crippen LogP contribution < -0.4 is 0 Å². The maximum atomic E-state index is 5.88. The van der Waals surface area contributed by atoms with Gasteiger partial charge in [0.15, 0.2) is 0 Å². The Kier molecular flexibility index (Phi) is 6.87. The molecule has 0 aliphatic heterocycles. The largest absolute Gasteiger partial charge is 0.382 e. The molecule has 1 unspecified atom stereocenters. The molecule has 0 aliphatic carbocycles. The van der Waals surface area contributed by atoms with Gasteiger partial charge in [0.05, 0.1) is 0 Å². The summed E-state index contributed by atoms with van der Waals surface area (Å²) in [4.78, 5) is 0. The number of ether oxygens (including phenoxy) is 1. The van der Waals surface area contributed by atoms with E-state index in [9.17, 15) is 0 Å². The minimum Gasteiger partial charge on any atom is -0.382 e. The molecule has 0 N–H and O–H groups in total. The summed E-state index contributed by atoms with van der Waals surface area (Å²) < 4.78 is 5.27. The highest BCUT2D eigenvalue weighted by Gasteiger charge is 2.19. The van der Waals surface area contributed by atoms with E-state index in [1.54, 1.807) is 0 Å². The Morgan fingerprint density at radius 2 is 2.00 bits per heavy atom. The Bertz CT molecular complexity index is 100. The SMILES string of the molecule is CCOCCCC(C)(CC)CCl. The zero-order valence-corrected chi connectivity index (χ0v) is 9.28. The molecular weight excluding hydrogens is 172 g/mol. The smallest absolute Gasteiger partial charge is 0.0466 e. The van der Waals surface area contributed by atoms with E-state index in [-0.39, 0.29) is 0 Å². The summed E-state index contributed by atoms with van der Waals surface area (Å²) in [5.41, 5.74) is 0.318. The standard InChI is InChI=1S/C10H21ClO/c1-4-10(3,9-11)7-6-8-12-5-2/h4-9H2,1-3H3. The second-order valence-corrected chi connectivity index (χ2v) is 3.87. The van der Waals surface area contributed by atoms with Crippen molar-refractivity contribution in [1.82, 2.24) is 0 Å². The lowest BCUT2D eigenvalue weighted by molar-refractivity contribution is 0.132. The van der Waals surface area contributed by atoms with E-state index in [1.807, 2.05) is 6.92 Å². The minimum atomic E-state index is 0.318. The van der Waals surface area contributed by atoms with Gasteiger partial charge in [-0.15, -0.1) is 11.6 Å². The van der Waals surface area contributed by atoms with Crippen LogP contribution in [0.1, 0.15) is 40.0 Å². The quantitative estimate of drug-likeness (QED) is 0.444. The van der Waals surface area contributed by atoms with Gasteiger partial charge in [-0.2, -0.15) is 0 Å². The van der Waals surface area contributed by atoms with Gasteiger partial charge in [-0.3, -0.25) is 0 Å². The third-order valence-electron chi connectivity index (χ3n) is 2.45. The van der Waals surface area contributed by atoms with Crippen LogP contribution in [0.15, 0.2) is 0 Å². The van der Waals surface area contributed by atoms with Gasteiger partial charge in [0.2, 0.25) is 0 Å². The van der Waals surface area contributed by atoms with Crippen molar-refractivity contribution in [2.45, 2.75) is 40.0 Å². The predicted octanol–water partition coefficient (Wildman–Crippen LogP) is 3.46. The average molecular weight is 193 g/mol. The highest BCUT2D eigenvalue weighted by atomic mass is 35.5. The molecule has 0 aromatic rings. The Balaban J connectivity index is 3.45. The molecule has 2 heteroatoms. The topological polar surface area (TPSA) is 9.23 Å². The van der Waals surface area contributed by atoms with Crippen LogP contribution in [0.25, 0.3) is 0 Å². The number of hydrogen-bond donors (Lipinski definition) is 0. The molecule has 1 nitrogen and oxygen atoms in total. The predicted molar refractivity (Wildman–Crippen MR) is 54.8 cm³/mol. The van der Waals surface area contributed by atoms with Crippen LogP contribution in [-0.4, -0.2) is 19.1 Å². The lowest BCUT2D eigenvalue weighted by atomic mass is 9.85. The molecule has 0 bridgehead atoms. The molecule has 1 atom stereocenters. The third kappa shape index (κ3) is 5.00. The van der Waals surface area contributed by atoms with E-state index in [4.69, 9.17) is 16.3 Å². The molecular formula is C10H21ClO. The third-order valence-corrected chi connectivity index (χ3v) is 3.09. The fourth-order valence-electron chi connectivity index (χ4n) is 1.08. The molecule has 12 heavy (non-hydrogen) atoms. The van der Waals surface area contributed by atoms with Crippen molar-refractivity contribution in [1.29, 1.82) is 0 Å². The second kappa shape index (κ2) is 6.73. The lowest BCUT2D eigenvalue weighted by Gasteiger charge is -2.24. The zero-order valence-electron chi connectivity index (χ0n) is 8.53. The first-order valence-corrected chi connectivity index (χ1v) is 5.35. The molecule has 0 spiro atoms. The van der Waals surface area contributed by atoms with Gasteiger partial charge in [-0.05, 0) is 31.6 Å². The molecule has 0 radical (unpaired) electrons. The molecule has 0 fully saturated rings. The van der Waals surface area contributed by atoms with Crippen molar-refractivity contribution in [3.05, 3.63) is 0 Å². The minimum absolute atomic E-state index is 0.318. The summed E-state index contributed by atoms with van der Waals surface area (Å²) in [6.07, 6.45) is 3.46. The van der Waals surface area contributed by atoms with Crippen molar-refractivity contribution in [2.75, 3.05) is 19.1 Å². The number of rotatable bonds is 7. The monoisotopic (exact) mass is 192 g/mol. The highest BCUT2D eigenvalue weighted by Crippen LogP contribution is 2.28. The van der Waals surface area contributed by atoms with Crippen molar-refractivity contribution >= 4 is 11.6 Å². The zero-order chi connectivity index (χ0) is 9.45. The molecule has 0 amide bonds. The van der Waals surface area contributed by atoms with Gasteiger partial charge in [-0.25, -0.2) is 0 Å². The van der Waals surface area contributed by atoms with Crippen molar-refractivity contribution in [3.63, 3.8) is 0 Å². The molecule has 0 rings (SSSR count). The van der Waals surface area contributed by atoms with Crippen LogP contribution in [0.3, 0.4) is 0 Å². The van der Waals surface area contributed by atoms with E-state index >= 15 is 0 Å². The van der Waals surface area contributed by atoms with Gasteiger partial charge >= 0.3 is 0 Å². The fourth-order valence-corrected chi connectivity index (χ4v) is 1.41. The van der Waals surface area contributed by atoms with E-state index in [2.05, 4.69) is 13.8 Å². The Morgan fingerprint density at radius 1 is 1.33 bits per heavy atom. The van der Waals surface area contributed by atoms with Gasteiger partial charge in [0.1, 0.15) is 0 Å². The molecule has 0 heterocycles. The van der Waals surface area contributed by atoms with Crippen LogP contribution in [-0.2, 0) is 4.74 Å². The van der Waals surface area contributed by atoms with E-state index < -0.39 is 0 Å². The lowest BCUT2D eigenvalue weighted by Crippen LogP contribution is -2.17. The summed E-state index contributed by atoms with van der Waals surface area (Å²) >= 11 is 5.88. The Morgan fingerprint density at radius 3 is 2.42 bits per heavy atom. The van der Waals surface area contributed by atoms with Gasteiger partial charge in [-0.1, -0.05) is 13.8 Å². The maximum absolute atomic E-state index is 5.88. The van der Waals surface area contributed by atoms with Crippen molar-refractivity contribution < 1.29 is 4.74 Å². The van der Waals surface area contributed by atoms with Crippen molar-refractivity contribution in [3.8, 4) is 0 Å². The molecule has 0 saturated heterocycles. The molecule has 74 valence electrons. The molecule has 0 aromatic carbocycles. The van der Waals surface area contributed by atoms with Gasteiger partial charge < -0.3 is 4.74 Å². The summed E-state index contributed by atoms with van der Waals surface area (Å²) in [6, 6.07) is 0. The molecule has 0 aromatic heterocycles. The van der Waals surface area contributed by atoms with Crippen molar-refractivity contribution in [2.24, 2.45) is 5.41 Å². The first kappa shape index (κ1) is 12.2. The summed E-state index contributed by atoms with van der Waals surface area (Å²) in [7, 11) is 0. The molecule has 0 aliphatic rings. The number of hydrogen-bond acceptors (Lipinski definition) is 1. The number of alkyl halides is 1. The van der Waals surface area contributed by atoms with Gasteiger partial charge in [0.25, 0.3) is 0 Å². The summed E-state index contributed by atoms with van der Waals surface area (Å²) in [6.45, 7) is 8.17. The van der Waals surface area contributed by atoms with Crippen LogP contribution in [0.5, 0.6) is 0 Å². The maximum Gasteiger partial charge on any atom is 0.0466 e. The Labute approximate surface area is 81.4 Å². The molecule has 0 saturated carbocycles. The first-order chi connectivity index (χ1) is 5.68. The van der Waals surface area contributed by atoms with Crippen LogP contribution >= 0.6 is 11.6 Å². The summed E-state index contributed by atoms with van der Waals surface area (Å²) in [5, 5.41) is 0. The second-order valence-electron chi connectivity index (χ2n) is 3.60. The van der Waals surface area contributed by atoms with Crippen LogP contribution in [0, 0.1) is 5.41 Å². The van der Waals surface area contributed by atoms with E-state index in [0.717, 1.165) is 31.9 Å². The number of halogens is 1. The van der Waals surface area contributed by atoms with Gasteiger partial charge in [0, 0.05) is 19.1 Å². The average Bonchev–Trinajstić information content (AvgIpc) is 2.12. The fraction of sp³-hybridized carbons (Fsp3) is 1.00.